The monoisotopic (exact) mass is 338 g/mol. The first kappa shape index (κ1) is 17.4. The second kappa shape index (κ2) is 6.82. The number of aryl methyl sites for hydroxylation is 2. The second-order valence-corrected chi connectivity index (χ2v) is 7.67. The summed E-state index contributed by atoms with van der Waals surface area (Å²) in [6.07, 6.45) is 1.06. The fourth-order valence-electron chi connectivity index (χ4n) is 3.27. The van der Waals surface area contributed by atoms with E-state index < -0.39 is 0 Å². The number of nitrogens with one attached hydrogen (secondary N) is 1. The zero-order valence-corrected chi connectivity index (χ0v) is 15.5. The molecule has 1 aliphatic rings. The average Bonchev–Trinajstić information content (AvgIpc) is 2.92. The molecule has 2 heterocycles. The summed E-state index contributed by atoms with van der Waals surface area (Å²) in [4.78, 5) is 23.5. The number of benzene rings is 1. The highest BCUT2D eigenvalue weighted by atomic mass is 16.2. The van der Waals surface area contributed by atoms with Crippen molar-refractivity contribution in [3.8, 4) is 0 Å². The molecule has 0 bridgehead atoms. The topological polar surface area (TPSA) is 58.1 Å². The zero-order chi connectivity index (χ0) is 18.0. The summed E-state index contributed by atoms with van der Waals surface area (Å²) in [5, 5.41) is 3.24. The Hall–Kier alpha value is -2.43. The van der Waals surface area contributed by atoms with Gasteiger partial charge in [-0.05, 0) is 49.4 Å². The molecule has 0 spiro atoms. The number of likely N-dealkylation sites (tertiary alicyclic amines) is 1. The van der Waals surface area contributed by atoms with E-state index in [1.165, 1.54) is 0 Å². The van der Waals surface area contributed by atoms with Gasteiger partial charge < -0.3 is 10.2 Å². The van der Waals surface area contributed by atoms with Crippen LogP contribution in [0.1, 0.15) is 47.6 Å². The molecule has 5 nitrogen and oxygen atoms in total. The van der Waals surface area contributed by atoms with Gasteiger partial charge in [-0.15, -0.1) is 0 Å². The Kier molecular flexibility index (Phi) is 4.75. The Morgan fingerprint density at radius 1 is 1.20 bits per heavy atom. The van der Waals surface area contributed by atoms with Crippen LogP contribution in [0.15, 0.2) is 30.3 Å². The van der Waals surface area contributed by atoms with E-state index in [0.29, 0.717) is 12.5 Å². The van der Waals surface area contributed by atoms with Gasteiger partial charge in [0.25, 0.3) is 5.91 Å². The van der Waals surface area contributed by atoms with Gasteiger partial charge in [-0.3, -0.25) is 4.79 Å². The van der Waals surface area contributed by atoms with Crippen molar-refractivity contribution in [1.29, 1.82) is 0 Å². The van der Waals surface area contributed by atoms with Crippen molar-refractivity contribution in [3.63, 3.8) is 0 Å². The Morgan fingerprint density at radius 2 is 1.92 bits per heavy atom. The molecule has 0 atom stereocenters. The Morgan fingerprint density at radius 3 is 2.56 bits per heavy atom. The summed E-state index contributed by atoms with van der Waals surface area (Å²) in [6, 6.07) is 9.75. The van der Waals surface area contributed by atoms with Gasteiger partial charge in [-0.2, -0.15) is 0 Å². The third kappa shape index (κ3) is 4.35. The zero-order valence-electron chi connectivity index (χ0n) is 15.5. The highest BCUT2D eigenvalue weighted by Gasteiger charge is 2.32. The van der Waals surface area contributed by atoms with Crippen molar-refractivity contribution >= 4 is 11.9 Å². The van der Waals surface area contributed by atoms with Crippen LogP contribution in [0, 0.1) is 19.3 Å². The largest absolute Gasteiger partial charge is 0.350 e. The van der Waals surface area contributed by atoms with Crippen LogP contribution in [0.2, 0.25) is 0 Å². The van der Waals surface area contributed by atoms with E-state index >= 15 is 0 Å². The standard InChI is InChI=1S/C20H26N4O/c1-14-10-15(2)23-19(22-14)21-12-16-6-5-7-17(11-16)18(25)24-9-8-20(3,4)13-24/h5-7,10-11H,8-9,12-13H2,1-4H3,(H,21,22,23). The number of aromatic nitrogens is 2. The van der Waals surface area contributed by atoms with Crippen LogP contribution in [0.5, 0.6) is 0 Å². The third-order valence-electron chi connectivity index (χ3n) is 4.57. The second-order valence-electron chi connectivity index (χ2n) is 7.67. The SMILES string of the molecule is Cc1cc(C)nc(NCc2cccc(C(=O)N3CCC(C)(C)C3)c2)n1. The maximum absolute atomic E-state index is 12.7. The minimum Gasteiger partial charge on any atom is -0.350 e. The lowest BCUT2D eigenvalue weighted by molar-refractivity contribution is 0.0778. The molecule has 2 aromatic rings. The lowest BCUT2D eigenvalue weighted by Crippen LogP contribution is -2.30. The third-order valence-corrected chi connectivity index (χ3v) is 4.57. The van der Waals surface area contributed by atoms with Crippen LogP contribution in [0.25, 0.3) is 0 Å². The molecule has 1 aliphatic heterocycles. The van der Waals surface area contributed by atoms with E-state index in [-0.39, 0.29) is 11.3 Å². The summed E-state index contributed by atoms with van der Waals surface area (Å²) < 4.78 is 0. The number of anilines is 1. The average molecular weight is 338 g/mol. The molecule has 0 aliphatic carbocycles. The minimum atomic E-state index is 0.120. The Balaban J connectivity index is 1.68. The van der Waals surface area contributed by atoms with Gasteiger partial charge in [0.05, 0.1) is 0 Å². The van der Waals surface area contributed by atoms with E-state index in [1.54, 1.807) is 0 Å². The highest BCUT2D eigenvalue weighted by Crippen LogP contribution is 2.29. The summed E-state index contributed by atoms with van der Waals surface area (Å²) in [5.74, 6) is 0.741. The Labute approximate surface area is 149 Å². The molecule has 1 aromatic carbocycles. The fraction of sp³-hybridized carbons (Fsp3) is 0.450. The molecule has 132 valence electrons. The molecular formula is C20H26N4O. The fourth-order valence-corrected chi connectivity index (χ4v) is 3.27. The molecule has 1 N–H and O–H groups in total. The van der Waals surface area contributed by atoms with Gasteiger partial charge in [-0.25, -0.2) is 9.97 Å². The maximum Gasteiger partial charge on any atom is 0.253 e. The van der Waals surface area contributed by atoms with Crippen molar-refractivity contribution in [3.05, 3.63) is 52.8 Å². The van der Waals surface area contributed by atoms with Crippen LogP contribution in [-0.4, -0.2) is 33.9 Å². The van der Waals surface area contributed by atoms with Crippen LogP contribution >= 0.6 is 0 Å². The number of carbonyl (C=O) groups excluding carboxylic acids is 1. The molecular weight excluding hydrogens is 312 g/mol. The molecule has 0 radical (unpaired) electrons. The van der Waals surface area contributed by atoms with Gasteiger partial charge in [-0.1, -0.05) is 26.0 Å². The predicted octanol–water partition coefficient (Wildman–Crippen LogP) is 3.58. The molecule has 25 heavy (non-hydrogen) atoms. The van der Waals surface area contributed by atoms with Crippen molar-refractivity contribution in [2.24, 2.45) is 5.41 Å². The first-order chi connectivity index (χ1) is 11.8. The smallest absolute Gasteiger partial charge is 0.253 e. The van der Waals surface area contributed by atoms with Gasteiger partial charge in [0, 0.05) is 36.6 Å². The number of nitrogens with zero attached hydrogens (tertiary/aromatic N) is 3. The summed E-state index contributed by atoms with van der Waals surface area (Å²) in [7, 11) is 0. The van der Waals surface area contributed by atoms with E-state index in [2.05, 4.69) is 29.1 Å². The van der Waals surface area contributed by atoms with Crippen LogP contribution in [0.3, 0.4) is 0 Å². The molecule has 5 heteroatoms. The number of amides is 1. The number of carbonyl (C=O) groups is 1. The van der Waals surface area contributed by atoms with Crippen molar-refractivity contribution in [2.75, 3.05) is 18.4 Å². The maximum atomic E-state index is 12.7. The van der Waals surface area contributed by atoms with E-state index in [1.807, 2.05) is 49.1 Å². The number of hydrogen-bond donors (Lipinski definition) is 1. The van der Waals surface area contributed by atoms with Crippen LogP contribution in [-0.2, 0) is 6.54 Å². The minimum absolute atomic E-state index is 0.120. The number of rotatable bonds is 4. The molecule has 3 rings (SSSR count). The summed E-state index contributed by atoms with van der Waals surface area (Å²) in [6.45, 7) is 10.6. The summed E-state index contributed by atoms with van der Waals surface area (Å²) in [5.41, 5.74) is 3.89. The van der Waals surface area contributed by atoms with Crippen LogP contribution < -0.4 is 5.32 Å². The van der Waals surface area contributed by atoms with Crippen molar-refractivity contribution in [2.45, 2.75) is 40.7 Å². The lowest BCUT2D eigenvalue weighted by Gasteiger charge is -2.20. The van der Waals surface area contributed by atoms with Crippen LogP contribution in [0.4, 0.5) is 5.95 Å². The van der Waals surface area contributed by atoms with Gasteiger partial charge in [0.2, 0.25) is 5.95 Å². The quantitative estimate of drug-likeness (QED) is 0.926. The molecule has 0 saturated carbocycles. The van der Waals surface area contributed by atoms with E-state index in [9.17, 15) is 4.79 Å². The first-order valence-corrected chi connectivity index (χ1v) is 8.77. The molecule has 1 aromatic heterocycles. The molecule has 1 fully saturated rings. The van der Waals surface area contributed by atoms with Gasteiger partial charge >= 0.3 is 0 Å². The van der Waals surface area contributed by atoms with Gasteiger partial charge in [0.1, 0.15) is 0 Å². The summed E-state index contributed by atoms with van der Waals surface area (Å²) >= 11 is 0. The van der Waals surface area contributed by atoms with E-state index in [4.69, 9.17) is 0 Å². The Bertz CT molecular complexity index is 765. The normalized spacial score (nSPS) is 16.1. The molecule has 1 amide bonds. The highest BCUT2D eigenvalue weighted by molar-refractivity contribution is 5.94. The first-order valence-electron chi connectivity index (χ1n) is 8.77. The number of hydrogen-bond acceptors (Lipinski definition) is 4. The van der Waals surface area contributed by atoms with Gasteiger partial charge in [0.15, 0.2) is 0 Å². The van der Waals surface area contributed by atoms with E-state index in [0.717, 1.165) is 42.0 Å². The molecule has 0 unspecified atom stereocenters. The van der Waals surface area contributed by atoms with Crippen molar-refractivity contribution in [1.82, 2.24) is 14.9 Å². The van der Waals surface area contributed by atoms with Crippen molar-refractivity contribution < 1.29 is 4.79 Å². The molecule has 1 saturated heterocycles. The predicted molar refractivity (Wildman–Crippen MR) is 99.6 cm³/mol. The lowest BCUT2D eigenvalue weighted by atomic mass is 9.93.